The molecule has 9 heteroatoms. The predicted molar refractivity (Wildman–Crippen MR) is 82.3 cm³/mol. The fraction of sp³-hybridized carbons (Fsp3) is 0.462. The minimum absolute atomic E-state index is 0.127. The first-order valence-corrected chi connectivity index (χ1v) is 7.21. The van der Waals surface area contributed by atoms with Gasteiger partial charge >= 0.3 is 12.1 Å². The Labute approximate surface area is 135 Å². The Morgan fingerprint density at radius 2 is 1.95 bits per heavy atom. The van der Waals surface area contributed by atoms with Gasteiger partial charge in [-0.3, -0.25) is 14.9 Å². The van der Waals surface area contributed by atoms with Gasteiger partial charge in [-0.05, 0) is 49.7 Å². The van der Waals surface area contributed by atoms with E-state index in [0.29, 0.717) is 4.47 Å². The summed E-state index contributed by atoms with van der Waals surface area (Å²) in [6.07, 6.45) is 0.647. The molecule has 1 aromatic rings. The zero-order valence-electron chi connectivity index (χ0n) is 12.6. The Kier molecular flexibility index (Phi) is 5.59. The fourth-order valence-electron chi connectivity index (χ4n) is 1.47. The van der Waals surface area contributed by atoms with Crippen molar-refractivity contribution >= 4 is 33.9 Å². The maximum atomic E-state index is 12.0. The van der Waals surface area contributed by atoms with Crippen molar-refractivity contribution in [3.8, 4) is 0 Å². The van der Waals surface area contributed by atoms with Crippen LogP contribution < -0.4 is 10.7 Å². The van der Waals surface area contributed by atoms with E-state index in [9.17, 15) is 14.4 Å². The van der Waals surface area contributed by atoms with Crippen LogP contribution in [0.3, 0.4) is 0 Å². The number of carboxylic acid groups (broad SMARTS) is 1. The van der Waals surface area contributed by atoms with E-state index in [-0.39, 0.29) is 5.69 Å². The topological polar surface area (TPSA) is 110 Å². The highest BCUT2D eigenvalue weighted by Gasteiger charge is 2.22. The third-order valence-electron chi connectivity index (χ3n) is 2.40. The second-order valence-electron chi connectivity index (χ2n) is 5.53. The number of rotatable bonds is 4. The second kappa shape index (κ2) is 6.82. The van der Waals surface area contributed by atoms with Crippen molar-refractivity contribution in [2.45, 2.75) is 39.3 Å². The molecule has 0 radical (unpaired) electrons. The highest BCUT2D eigenvalue weighted by molar-refractivity contribution is 9.10. The first kappa shape index (κ1) is 18.0. The third kappa shape index (κ3) is 5.06. The van der Waals surface area contributed by atoms with Crippen LogP contribution in [0.15, 0.2) is 16.7 Å². The van der Waals surface area contributed by atoms with E-state index in [1.54, 1.807) is 20.8 Å². The van der Waals surface area contributed by atoms with Gasteiger partial charge in [-0.25, -0.2) is 9.59 Å². The maximum Gasteiger partial charge on any atom is 0.408 e. The lowest BCUT2D eigenvalue weighted by Gasteiger charge is -2.21. The summed E-state index contributed by atoms with van der Waals surface area (Å²) in [4.78, 5) is 34.7. The number of carbonyl (C=O) groups is 3. The van der Waals surface area contributed by atoms with Gasteiger partial charge in [0.25, 0.3) is 5.91 Å². The molecule has 0 saturated carbocycles. The lowest BCUT2D eigenvalue weighted by atomic mass is 10.2. The molecule has 1 unspecified atom stereocenters. The quantitative estimate of drug-likeness (QED) is 0.744. The highest BCUT2D eigenvalue weighted by atomic mass is 79.9. The van der Waals surface area contributed by atoms with E-state index >= 15 is 0 Å². The largest absolute Gasteiger partial charge is 0.476 e. The number of nitrogens with one attached hydrogen (secondary N) is 2. The van der Waals surface area contributed by atoms with Crippen molar-refractivity contribution in [3.05, 3.63) is 22.4 Å². The summed E-state index contributed by atoms with van der Waals surface area (Å²) in [5.74, 6) is -1.79. The summed E-state index contributed by atoms with van der Waals surface area (Å²) < 4.78 is 6.42. The number of amides is 2. The van der Waals surface area contributed by atoms with Gasteiger partial charge in [0.2, 0.25) is 0 Å². The minimum atomic E-state index is -1.20. The molecule has 2 amide bonds. The van der Waals surface area contributed by atoms with Crippen LogP contribution in [0.4, 0.5) is 4.79 Å². The molecule has 1 heterocycles. The molecular formula is C13H18BrN3O5. The summed E-state index contributed by atoms with van der Waals surface area (Å²) >= 11 is 3.08. The van der Waals surface area contributed by atoms with Crippen molar-refractivity contribution < 1.29 is 24.2 Å². The molecule has 0 aliphatic heterocycles. The van der Waals surface area contributed by atoms with E-state index < -0.39 is 29.6 Å². The summed E-state index contributed by atoms with van der Waals surface area (Å²) in [6, 6.07) is 0.577. The number of halogens is 1. The summed E-state index contributed by atoms with van der Waals surface area (Å²) in [5.41, 5.74) is 1.57. The molecule has 0 bridgehead atoms. The monoisotopic (exact) mass is 375 g/mol. The molecule has 1 rings (SSSR count). The third-order valence-corrected chi connectivity index (χ3v) is 3.04. The van der Waals surface area contributed by atoms with E-state index in [0.717, 1.165) is 4.68 Å². The summed E-state index contributed by atoms with van der Waals surface area (Å²) in [5, 5.41) is 11.4. The van der Waals surface area contributed by atoms with Crippen molar-refractivity contribution in [3.63, 3.8) is 0 Å². The second-order valence-corrected chi connectivity index (χ2v) is 6.39. The lowest BCUT2D eigenvalue weighted by molar-refractivity contribution is -0.118. The molecule has 122 valence electrons. The average Bonchev–Trinajstić information content (AvgIpc) is 2.67. The number of hydrogen-bond donors (Lipinski definition) is 3. The van der Waals surface area contributed by atoms with Crippen LogP contribution in [0, 0.1) is 0 Å². The molecule has 1 atom stereocenters. The number of aromatic carboxylic acids is 1. The van der Waals surface area contributed by atoms with Gasteiger partial charge in [0, 0.05) is 6.20 Å². The number of alkyl carbamates (subject to hydrolysis) is 1. The number of hydrogen-bond acceptors (Lipinski definition) is 4. The molecule has 0 saturated heterocycles. The molecule has 8 nitrogen and oxygen atoms in total. The van der Waals surface area contributed by atoms with Crippen LogP contribution >= 0.6 is 15.9 Å². The number of carbonyl (C=O) groups excluding carboxylic acids is 2. The zero-order chi connectivity index (χ0) is 17.1. The van der Waals surface area contributed by atoms with Gasteiger partial charge in [0.05, 0.1) is 4.47 Å². The Hall–Kier alpha value is -2.03. The van der Waals surface area contributed by atoms with Gasteiger partial charge in [-0.2, -0.15) is 0 Å². The molecule has 22 heavy (non-hydrogen) atoms. The fourth-order valence-corrected chi connectivity index (χ4v) is 1.95. The molecular weight excluding hydrogens is 358 g/mol. The van der Waals surface area contributed by atoms with E-state index in [1.807, 2.05) is 0 Å². The van der Waals surface area contributed by atoms with E-state index in [1.165, 1.54) is 19.2 Å². The smallest absolute Gasteiger partial charge is 0.408 e. The molecule has 0 spiro atoms. The van der Waals surface area contributed by atoms with Crippen molar-refractivity contribution in [1.29, 1.82) is 0 Å². The normalized spacial score (nSPS) is 12.4. The molecule has 0 aromatic carbocycles. The Bertz CT molecular complexity index is 591. The van der Waals surface area contributed by atoms with Gasteiger partial charge < -0.3 is 15.2 Å². The van der Waals surface area contributed by atoms with Gasteiger partial charge in [-0.15, -0.1) is 0 Å². The predicted octanol–water partition coefficient (Wildman–Crippen LogP) is 1.93. The number of aromatic nitrogens is 1. The average molecular weight is 376 g/mol. The standard InChI is InChI=1S/C13H18BrN3O5/c1-7(15-12(21)22-13(2,3)4)10(18)16-17-6-5-8(14)9(17)11(19)20/h5-7H,1-4H3,(H,15,21)(H,16,18)(H,19,20). The molecule has 0 fully saturated rings. The first-order valence-electron chi connectivity index (χ1n) is 6.42. The zero-order valence-corrected chi connectivity index (χ0v) is 14.2. The Morgan fingerprint density at radius 3 is 2.45 bits per heavy atom. The van der Waals surface area contributed by atoms with Crippen molar-refractivity contribution in [2.24, 2.45) is 0 Å². The van der Waals surface area contributed by atoms with Crippen molar-refractivity contribution in [2.75, 3.05) is 5.43 Å². The van der Waals surface area contributed by atoms with E-state index in [2.05, 4.69) is 26.7 Å². The Balaban J connectivity index is 2.69. The molecule has 0 aliphatic rings. The number of carboxylic acids is 1. The lowest BCUT2D eigenvalue weighted by Crippen LogP contribution is -2.45. The van der Waals surface area contributed by atoms with Gasteiger partial charge in [0.15, 0.2) is 5.69 Å². The molecule has 0 aliphatic carbocycles. The summed E-state index contributed by atoms with van der Waals surface area (Å²) in [6.45, 7) is 6.56. The van der Waals surface area contributed by atoms with Gasteiger partial charge in [-0.1, -0.05) is 0 Å². The van der Waals surface area contributed by atoms with Crippen LogP contribution in [0.25, 0.3) is 0 Å². The van der Waals surface area contributed by atoms with Crippen LogP contribution in [0.1, 0.15) is 38.2 Å². The minimum Gasteiger partial charge on any atom is -0.476 e. The van der Waals surface area contributed by atoms with Crippen LogP contribution in [-0.2, 0) is 9.53 Å². The van der Waals surface area contributed by atoms with Crippen LogP contribution in [0.5, 0.6) is 0 Å². The van der Waals surface area contributed by atoms with Gasteiger partial charge in [0.1, 0.15) is 11.6 Å². The number of ether oxygens (including phenoxy) is 1. The molecule has 3 N–H and O–H groups in total. The maximum absolute atomic E-state index is 12.0. The first-order chi connectivity index (χ1) is 10.0. The molecule has 1 aromatic heterocycles. The van der Waals surface area contributed by atoms with Crippen LogP contribution in [0.2, 0.25) is 0 Å². The SMILES string of the molecule is CC(NC(=O)OC(C)(C)C)C(=O)Nn1ccc(Br)c1C(=O)O. The highest BCUT2D eigenvalue weighted by Crippen LogP contribution is 2.17. The van der Waals surface area contributed by atoms with E-state index in [4.69, 9.17) is 9.84 Å². The van der Waals surface area contributed by atoms with Crippen molar-refractivity contribution in [1.82, 2.24) is 9.99 Å². The number of nitrogens with zero attached hydrogens (tertiary/aromatic N) is 1. The Morgan fingerprint density at radius 1 is 1.36 bits per heavy atom. The summed E-state index contributed by atoms with van der Waals surface area (Å²) in [7, 11) is 0. The van der Waals surface area contributed by atoms with Crippen LogP contribution in [-0.4, -0.2) is 39.4 Å².